The predicted octanol–water partition coefficient (Wildman–Crippen LogP) is 4.30. The molecule has 0 spiro atoms. The molecule has 2 aromatic rings. The van der Waals surface area contributed by atoms with Gasteiger partial charge in [0.05, 0.1) is 0 Å². The monoisotopic (exact) mass is 301 g/mol. The third-order valence-electron chi connectivity index (χ3n) is 3.88. The molecule has 21 heavy (non-hydrogen) atoms. The van der Waals surface area contributed by atoms with Crippen molar-refractivity contribution in [2.24, 2.45) is 5.73 Å². The molecule has 2 aromatic carbocycles. The summed E-state index contributed by atoms with van der Waals surface area (Å²) in [5.41, 5.74) is 9.85. The Morgan fingerprint density at radius 2 is 1.90 bits per heavy atom. The summed E-state index contributed by atoms with van der Waals surface area (Å²) in [4.78, 5) is 0. The van der Waals surface area contributed by atoms with Crippen molar-refractivity contribution in [1.82, 2.24) is 0 Å². The van der Waals surface area contributed by atoms with E-state index in [-0.39, 0.29) is 11.6 Å². The third-order valence-corrected chi connectivity index (χ3v) is 4.14. The largest absolute Gasteiger partial charge is 0.487 e. The van der Waals surface area contributed by atoms with Gasteiger partial charge in [-0.1, -0.05) is 35.9 Å². The minimum Gasteiger partial charge on any atom is -0.487 e. The van der Waals surface area contributed by atoms with E-state index in [4.69, 9.17) is 22.1 Å². The van der Waals surface area contributed by atoms with E-state index in [2.05, 4.69) is 26.0 Å². The number of halogens is 1. The molecule has 0 bridgehead atoms. The van der Waals surface area contributed by atoms with Crippen molar-refractivity contribution in [3.63, 3.8) is 0 Å². The zero-order chi connectivity index (χ0) is 15.0. The molecule has 0 radical (unpaired) electrons. The molecule has 1 aliphatic rings. The first-order valence-corrected chi connectivity index (χ1v) is 7.63. The topological polar surface area (TPSA) is 35.2 Å². The highest BCUT2D eigenvalue weighted by atomic mass is 35.5. The van der Waals surface area contributed by atoms with Crippen molar-refractivity contribution in [2.45, 2.75) is 38.3 Å². The molecular weight excluding hydrogens is 282 g/mol. The standard InChI is InChI=1S/C18H20ClNO/c1-18(2)11-14-10-13(5-8-17(14)21-18)16(20)9-12-3-6-15(19)7-4-12/h3-8,10,16H,9,11,20H2,1-2H3. The van der Waals surface area contributed by atoms with Crippen molar-refractivity contribution >= 4 is 11.6 Å². The Morgan fingerprint density at radius 1 is 1.19 bits per heavy atom. The highest BCUT2D eigenvalue weighted by Gasteiger charge is 2.30. The molecule has 3 rings (SSSR count). The summed E-state index contributed by atoms with van der Waals surface area (Å²) in [5.74, 6) is 0.988. The van der Waals surface area contributed by atoms with Crippen LogP contribution in [-0.4, -0.2) is 5.60 Å². The van der Waals surface area contributed by atoms with E-state index in [1.165, 1.54) is 11.1 Å². The van der Waals surface area contributed by atoms with Crippen LogP contribution in [0.25, 0.3) is 0 Å². The van der Waals surface area contributed by atoms with Crippen LogP contribution in [0.2, 0.25) is 5.02 Å². The maximum atomic E-state index is 6.35. The number of hydrogen-bond donors (Lipinski definition) is 1. The van der Waals surface area contributed by atoms with Gasteiger partial charge in [0.15, 0.2) is 0 Å². The summed E-state index contributed by atoms with van der Waals surface area (Å²) < 4.78 is 5.90. The maximum Gasteiger partial charge on any atom is 0.123 e. The molecule has 0 amide bonds. The van der Waals surface area contributed by atoms with E-state index in [9.17, 15) is 0 Å². The van der Waals surface area contributed by atoms with Crippen LogP contribution in [0.3, 0.4) is 0 Å². The molecule has 1 atom stereocenters. The Labute approximate surface area is 130 Å². The first-order chi connectivity index (χ1) is 9.93. The van der Waals surface area contributed by atoms with Gasteiger partial charge in [-0.15, -0.1) is 0 Å². The molecule has 1 unspecified atom stereocenters. The van der Waals surface area contributed by atoms with Crippen LogP contribution in [0.1, 0.15) is 36.6 Å². The van der Waals surface area contributed by atoms with E-state index in [1.54, 1.807) is 0 Å². The van der Waals surface area contributed by atoms with Crippen LogP contribution in [0.5, 0.6) is 5.75 Å². The van der Waals surface area contributed by atoms with Crippen LogP contribution in [0, 0.1) is 0 Å². The average Bonchev–Trinajstić information content (AvgIpc) is 2.74. The number of rotatable bonds is 3. The normalized spacial score (nSPS) is 17.1. The zero-order valence-corrected chi connectivity index (χ0v) is 13.2. The minimum absolute atomic E-state index is 0.0137. The zero-order valence-electron chi connectivity index (χ0n) is 12.4. The molecule has 0 aromatic heterocycles. The molecule has 1 heterocycles. The third kappa shape index (κ3) is 3.22. The van der Waals surface area contributed by atoms with Gasteiger partial charge in [-0.2, -0.15) is 0 Å². The second-order valence-corrected chi connectivity index (χ2v) is 6.78. The van der Waals surface area contributed by atoms with Crippen LogP contribution in [0.4, 0.5) is 0 Å². The quantitative estimate of drug-likeness (QED) is 0.917. The van der Waals surface area contributed by atoms with Crippen LogP contribution in [-0.2, 0) is 12.8 Å². The Kier molecular flexibility index (Phi) is 3.68. The van der Waals surface area contributed by atoms with Crippen LogP contribution >= 0.6 is 11.6 Å². The lowest BCUT2D eigenvalue weighted by atomic mass is 9.95. The van der Waals surface area contributed by atoms with Gasteiger partial charge in [-0.05, 0) is 55.2 Å². The van der Waals surface area contributed by atoms with E-state index < -0.39 is 0 Å². The molecular formula is C18H20ClNO. The molecule has 0 saturated heterocycles. The summed E-state index contributed by atoms with van der Waals surface area (Å²) >= 11 is 5.91. The average molecular weight is 302 g/mol. The number of fused-ring (bicyclic) bond motifs is 1. The first kappa shape index (κ1) is 14.4. The second kappa shape index (κ2) is 5.36. The van der Waals surface area contributed by atoms with Gasteiger partial charge in [-0.3, -0.25) is 0 Å². The molecule has 110 valence electrons. The lowest BCUT2D eigenvalue weighted by Crippen LogP contribution is -2.24. The van der Waals surface area contributed by atoms with E-state index >= 15 is 0 Å². The van der Waals surface area contributed by atoms with Crippen molar-refractivity contribution in [3.8, 4) is 5.75 Å². The number of nitrogens with two attached hydrogens (primary N) is 1. The Hall–Kier alpha value is -1.51. The molecule has 2 N–H and O–H groups in total. The van der Waals surface area contributed by atoms with Crippen molar-refractivity contribution in [1.29, 1.82) is 0 Å². The summed E-state index contributed by atoms with van der Waals surface area (Å²) in [7, 11) is 0. The van der Waals surface area contributed by atoms with Gasteiger partial charge < -0.3 is 10.5 Å². The minimum atomic E-state index is -0.110. The fourth-order valence-corrected chi connectivity index (χ4v) is 2.98. The SMILES string of the molecule is CC1(C)Cc2cc(C(N)Cc3ccc(Cl)cc3)ccc2O1. The Morgan fingerprint density at radius 3 is 2.62 bits per heavy atom. The molecule has 0 fully saturated rings. The van der Waals surface area contributed by atoms with Gasteiger partial charge in [0, 0.05) is 17.5 Å². The fourth-order valence-electron chi connectivity index (χ4n) is 2.85. The van der Waals surface area contributed by atoms with E-state index in [1.807, 2.05) is 30.3 Å². The van der Waals surface area contributed by atoms with Crippen molar-refractivity contribution in [3.05, 3.63) is 64.2 Å². The summed E-state index contributed by atoms with van der Waals surface area (Å²) in [6, 6.07) is 14.2. The molecule has 0 saturated carbocycles. The summed E-state index contributed by atoms with van der Waals surface area (Å²) in [6.07, 6.45) is 1.74. The lowest BCUT2D eigenvalue weighted by molar-refractivity contribution is 0.138. The number of benzene rings is 2. The van der Waals surface area contributed by atoms with E-state index in [0.29, 0.717) is 0 Å². The number of hydrogen-bond acceptors (Lipinski definition) is 2. The summed E-state index contributed by atoms with van der Waals surface area (Å²) in [5, 5.41) is 0.754. The van der Waals surface area contributed by atoms with Crippen LogP contribution in [0.15, 0.2) is 42.5 Å². The van der Waals surface area contributed by atoms with Gasteiger partial charge >= 0.3 is 0 Å². The van der Waals surface area contributed by atoms with Crippen molar-refractivity contribution in [2.75, 3.05) is 0 Å². The molecule has 1 aliphatic heterocycles. The Bertz CT molecular complexity index is 649. The molecule has 3 heteroatoms. The summed E-state index contributed by atoms with van der Waals surface area (Å²) in [6.45, 7) is 4.22. The van der Waals surface area contributed by atoms with Gasteiger partial charge in [0.2, 0.25) is 0 Å². The van der Waals surface area contributed by atoms with Gasteiger partial charge in [0.1, 0.15) is 11.4 Å². The molecule has 2 nitrogen and oxygen atoms in total. The van der Waals surface area contributed by atoms with Crippen molar-refractivity contribution < 1.29 is 4.74 Å². The molecule has 0 aliphatic carbocycles. The highest BCUT2D eigenvalue weighted by Crippen LogP contribution is 2.36. The highest BCUT2D eigenvalue weighted by molar-refractivity contribution is 6.30. The predicted molar refractivity (Wildman–Crippen MR) is 86.9 cm³/mol. The Balaban J connectivity index is 1.77. The maximum absolute atomic E-state index is 6.35. The second-order valence-electron chi connectivity index (χ2n) is 6.34. The number of ether oxygens (including phenoxy) is 1. The van der Waals surface area contributed by atoms with Gasteiger partial charge in [-0.25, -0.2) is 0 Å². The fraction of sp³-hybridized carbons (Fsp3) is 0.333. The first-order valence-electron chi connectivity index (χ1n) is 7.25. The van der Waals surface area contributed by atoms with Gasteiger partial charge in [0.25, 0.3) is 0 Å². The smallest absolute Gasteiger partial charge is 0.123 e. The van der Waals surface area contributed by atoms with E-state index in [0.717, 1.165) is 29.2 Å². The van der Waals surface area contributed by atoms with Crippen LogP contribution < -0.4 is 10.5 Å². The lowest BCUT2D eigenvalue weighted by Gasteiger charge is -2.16.